The number of hydrogen-bond acceptors (Lipinski definition) is 6. The fourth-order valence-electron chi connectivity index (χ4n) is 3.88. The van der Waals surface area contributed by atoms with Gasteiger partial charge in [0.15, 0.2) is 0 Å². The molecule has 1 aromatic carbocycles. The van der Waals surface area contributed by atoms with Crippen LogP contribution < -0.4 is 4.74 Å². The van der Waals surface area contributed by atoms with Gasteiger partial charge in [-0.25, -0.2) is 4.39 Å². The van der Waals surface area contributed by atoms with E-state index in [2.05, 4.69) is 16.8 Å². The van der Waals surface area contributed by atoms with Gasteiger partial charge >= 0.3 is 0 Å². The molecule has 182 valence electrons. The molecule has 2 aliphatic heterocycles. The van der Waals surface area contributed by atoms with Crippen LogP contribution in [0.1, 0.15) is 51.7 Å². The Morgan fingerprint density at radius 3 is 2.06 bits per heavy atom. The molecule has 0 aliphatic carbocycles. The quantitative estimate of drug-likeness (QED) is 0.533. The molecule has 3 rings (SSSR count). The van der Waals surface area contributed by atoms with Crippen molar-refractivity contribution in [1.29, 1.82) is 10.8 Å². The predicted molar refractivity (Wildman–Crippen MR) is 130 cm³/mol. The van der Waals surface area contributed by atoms with Gasteiger partial charge in [-0.15, -0.1) is 0 Å². The van der Waals surface area contributed by atoms with Gasteiger partial charge in [0.1, 0.15) is 11.6 Å². The summed E-state index contributed by atoms with van der Waals surface area (Å²) in [5.74, 6) is -0.434. The summed E-state index contributed by atoms with van der Waals surface area (Å²) in [4.78, 5) is 6.71. The van der Waals surface area contributed by atoms with Gasteiger partial charge in [-0.1, -0.05) is 27.7 Å². The van der Waals surface area contributed by atoms with Gasteiger partial charge in [-0.05, 0) is 44.5 Å². The van der Waals surface area contributed by atoms with E-state index in [1.54, 1.807) is 6.92 Å². The molecule has 0 unspecified atom stereocenters. The third-order valence-corrected chi connectivity index (χ3v) is 5.73. The zero-order valence-corrected chi connectivity index (χ0v) is 20.9. The Hall–Kier alpha value is -2.19. The van der Waals surface area contributed by atoms with Gasteiger partial charge in [-0.2, -0.15) is 0 Å². The SMILES string of the molecule is CC.CC.COc1cc(C(=N)OC(=N)N2CCC(N3CCN(C)CC3)CC2)c(F)cc1C. The van der Waals surface area contributed by atoms with Crippen LogP contribution in [0.4, 0.5) is 4.39 Å². The Morgan fingerprint density at radius 2 is 1.53 bits per heavy atom. The number of halogens is 1. The minimum Gasteiger partial charge on any atom is -0.496 e. The first kappa shape index (κ1) is 27.8. The number of likely N-dealkylation sites (tertiary alicyclic amines) is 1. The van der Waals surface area contributed by atoms with E-state index in [-0.39, 0.29) is 17.5 Å². The third kappa shape index (κ3) is 7.45. The number of hydrogen-bond donors (Lipinski definition) is 2. The second kappa shape index (κ2) is 14.1. The Labute approximate surface area is 193 Å². The molecule has 2 N–H and O–H groups in total. The predicted octanol–water partition coefficient (Wildman–Crippen LogP) is 4.18. The van der Waals surface area contributed by atoms with Crippen molar-refractivity contribution in [3.05, 3.63) is 29.1 Å². The van der Waals surface area contributed by atoms with Crippen LogP contribution in [0.3, 0.4) is 0 Å². The summed E-state index contributed by atoms with van der Waals surface area (Å²) in [6, 6.07) is 3.20. The van der Waals surface area contributed by atoms with E-state index in [4.69, 9.17) is 20.3 Å². The lowest BCUT2D eigenvalue weighted by Crippen LogP contribution is -2.53. The third-order valence-electron chi connectivity index (χ3n) is 5.73. The van der Waals surface area contributed by atoms with Crippen LogP contribution in [0.25, 0.3) is 0 Å². The molecule has 0 aromatic heterocycles. The standard InChI is InChI=1S/C20H30FN5O2.2C2H6/c1-14-12-17(21)16(13-18(14)27-3)19(22)28-20(23)26-6-4-15(5-7-26)25-10-8-24(2)9-11-25;2*1-2/h12-13,15,22-23H,4-11H2,1-3H3;2*1-2H3. The van der Waals surface area contributed by atoms with Gasteiger partial charge in [0, 0.05) is 45.3 Å². The van der Waals surface area contributed by atoms with Gasteiger partial charge in [0.25, 0.3) is 6.02 Å². The molecule has 0 spiro atoms. The monoisotopic (exact) mass is 451 g/mol. The fraction of sp³-hybridized carbons (Fsp3) is 0.667. The second-order valence-corrected chi connectivity index (χ2v) is 7.60. The second-order valence-electron chi connectivity index (χ2n) is 7.60. The normalized spacial score (nSPS) is 17.4. The van der Waals surface area contributed by atoms with E-state index < -0.39 is 5.82 Å². The lowest BCUT2D eigenvalue weighted by atomic mass is 10.0. The number of methoxy groups -OCH3 is 1. The fourth-order valence-corrected chi connectivity index (χ4v) is 3.88. The minimum absolute atomic E-state index is 0.000442. The summed E-state index contributed by atoms with van der Waals surface area (Å²) in [7, 11) is 3.65. The van der Waals surface area contributed by atoms with Crippen molar-refractivity contribution in [2.45, 2.75) is 53.5 Å². The van der Waals surface area contributed by atoms with Gasteiger partial charge in [0.05, 0.1) is 12.7 Å². The first-order valence-electron chi connectivity index (χ1n) is 11.8. The summed E-state index contributed by atoms with van der Waals surface area (Å²) in [6.07, 6.45) is 1.94. The van der Waals surface area contributed by atoms with Crippen LogP contribution in [-0.2, 0) is 4.74 Å². The smallest absolute Gasteiger partial charge is 0.291 e. The number of benzene rings is 1. The molecule has 2 aliphatic rings. The average Bonchev–Trinajstić information content (AvgIpc) is 2.82. The van der Waals surface area contributed by atoms with Gasteiger partial charge in [0.2, 0.25) is 5.90 Å². The van der Waals surface area contributed by atoms with Crippen molar-refractivity contribution in [2.24, 2.45) is 0 Å². The molecule has 2 fully saturated rings. The maximum Gasteiger partial charge on any atom is 0.291 e. The Bertz CT molecular complexity index is 727. The van der Waals surface area contributed by atoms with E-state index in [9.17, 15) is 4.39 Å². The van der Waals surface area contributed by atoms with Gasteiger partial charge < -0.3 is 19.3 Å². The van der Waals surface area contributed by atoms with Crippen LogP contribution in [-0.4, -0.2) is 86.1 Å². The minimum atomic E-state index is -0.551. The number of likely N-dealkylation sites (N-methyl/N-ethyl adjacent to an activating group) is 1. The molecule has 0 saturated carbocycles. The topological polar surface area (TPSA) is 75.9 Å². The molecule has 0 atom stereocenters. The molecule has 0 bridgehead atoms. The van der Waals surface area contributed by atoms with Crippen LogP contribution in [0.2, 0.25) is 0 Å². The molecule has 0 radical (unpaired) electrons. The summed E-state index contributed by atoms with van der Waals surface area (Å²) in [6.45, 7) is 15.5. The number of amidine groups is 1. The van der Waals surface area contributed by atoms with Crippen molar-refractivity contribution in [3.63, 3.8) is 0 Å². The lowest BCUT2D eigenvalue weighted by Gasteiger charge is -2.42. The Balaban J connectivity index is 0.00000121. The maximum atomic E-state index is 14.2. The highest BCUT2D eigenvalue weighted by Gasteiger charge is 2.28. The van der Waals surface area contributed by atoms with Crippen LogP contribution in [0, 0.1) is 23.6 Å². The van der Waals surface area contributed by atoms with E-state index in [1.165, 1.54) is 19.2 Å². The summed E-state index contributed by atoms with van der Waals surface area (Å²) in [5, 5.41) is 16.3. The zero-order valence-electron chi connectivity index (χ0n) is 20.9. The highest BCUT2D eigenvalue weighted by molar-refractivity contribution is 5.99. The number of nitrogens with zero attached hydrogens (tertiary/aromatic N) is 3. The lowest BCUT2D eigenvalue weighted by molar-refractivity contribution is 0.0786. The van der Waals surface area contributed by atoms with Crippen molar-refractivity contribution in [3.8, 4) is 5.75 Å². The van der Waals surface area contributed by atoms with Crippen LogP contribution >= 0.6 is 0 Å². The first-order valence-corrected chi connectivity index (χ1v) is 11.8. The highest BCUT2D eigenvalue weighted by atomic mass is 19.1. The Morgan fingerprint density at radius 1 is 0.969 bits per heavy atom. The Kier molecular flexibility index (Phi) is 12.2. The summed E-state index contributed by atoms with van der Waals surface area (Å²) in [5.41, 5.74) is 0.650. The van der Waals surface area contributed by atoms with Gasteiger partial charge in [-0.3, -0.25) is 15.7 Å². The highest BCUT2D eigenvalue weighted by Crippen LogP contribution is 2.23. The number of piperazine rings is 1. The summed E-state index contributed by atoms with van der Waals surface area (Å²) >= 11 is 0. The van der Waals surface area contributed by atoms with Crippen molar-refractivity contribution < 1.29 is 13.9 Å². The molecular formula is C24H42FN5O2. The number of piperidine rings is 1. The first-order chi connectivity index (χ1) is 15.4. The maximum absolute atomic E-state index is 14.2. The van der Waals surface area contributed by atoms with E-state index in [0.29, 0.717) is 30.4 Å². The van der Waals surface area contributed by atoms with Crippen LogP contribution in [0.5, 0.6) is 5.75 Å². The molecule has 1 aromatic rings. The molecular weight excluding hydrogens is 409 g/mol. The van der Waals surface area contributed by atoms with E-state index in [1.807, 2.05) is 32.6 Å². The number of aryl methyl sites for hydroxylation is 1. The van der Waals surface area contributed by atoms with Crippen molar-refractivity contribution in [1.82, 2.24) is 14.7 Å². The van der Waals surface area contributed by atoms with E-state index in [0.717, 1.165) is 39.0 Å². The zero-order chi connectivity index (χ0) is 24.3. The number of nitrogens with one attached hydrogen (secondary N) is 2. The molecule has 2 heterocycles. The van der Waals surface area contributed by atoms with E-state index >= 15 is 0 Å². The molecule has 7 nitrogen and oxygen atoms in total. The number of ether oxygens (including phenoxy) is 2. The van der Waals surface area contributed by atoms with Crippen molar-refractivity contribution >= 4 is 11.9 Å². The molecule has 0 amide bonds. The average molecular weight is 452 g/mol. The van der Waals surface area contributed by atoms with Crippen molar-refractivity contribution in [2.75, 3.05) is 53.4 Å². The molecule has 2 saturated heterocycles. The molecule has 8 heteroatoms. The van der Waals surface area contributed by atoms with Crippen LogP contribution in [0.15, 0.2) is 12.1 Å². The largest absolute Gasteiger partial charge is 0.496 e. The molecule has 32 heavy (non-hydrogen) atoms. The number of rotatable bonds is 3. The summed E-state index contributed by atoms with van der Waals surface area (Å²) < 4.78 is 24.8.